The zero-order chi connectivity index (χ0) is 30.3. The Morgan fingerprint density at radius 2 is 1.86 bits per heavy atom. The minimum absolute atomic E-state index is 0.000495. The number of ether oxygens (including phenoxy) is 3. The highest BCUT2D eigenvalue weighted by molar-refractivity contribution is 7.17. The number of ketones is 1. The van der Waals surface area contributed by atoms with Crippen molar-refractivity contribution in [3.05, 3.63) is 87.8 Å². The first kappa shape index (κ1) is 28.6. The summed E-state index contributed by atoms with van der Waals surface area (Å²) in [5, 5.41) is 11.8. The van der Waals surface area contributed by atoms with Gasteiger partial charge in [0.15, 0.2) is 22.4 Å². The highest BCUT2D eigenvalue weighted by Crippen LogP contribution is 2.45. The number of esters is 1. The van der Waals surface area contributed by atoms with Gasteiger partial charge in [0.2, 0.25) is 0 Å². The van der Waals surface area contributed by atoms with Crippen molar-refractivity contribution < 1.29 is 33.7 Å². The number of thiazole rings is 1. The summed E-state index contributed by atoms with van der Waals surface area (Å²) in [5.41, 5.74) is 2.80. The molecule has 12 heteroatoms. The van der Waals surface area contributed by atoms with Crippen LogP contribution in [0.1, 0.15) is 43.9 Å². The number of methoxy groups -OCH3 is 2. The number of carbonyl (C=O) groups is 3. The standard InChI is InChI=1S/C30H28N4O7S/c1-7-13-41-29(38)26-16(3)31-30(42-26)34-23(18-10-11-19(39-5)20(14-18)40-6)21(25(36)28(34)37)24(35)22-17(4)33-12-8-9-15(2)27(33)32-22/h7-12,14,23,35H,1,13H2,2-6H3. The average molecular weight is 589 g/mol. The van der Waals surface area contributed by atoms with Gasteiger partial charge in [-0.1, -0.05) is 36.1 Å². The van der Waals surface area contributed by atoms with Gasteiger partial charge < -0.3 is 23.7 Å². The fourth-order valence-electron chi connectivity index (χ4n) is 4.92. The number of carbonyl (C=O) groups excluding carboxylic acids is 3. The molecule has 5 rings (SSSR count). The summed E-state index contributed by atoms with van der Waals surface area (Å²) in [6.45, 7) is 8.80. The Kier molecular flexibility index (Phi) is 7.57. The maximum Gasteiger partial charge on any atom is 0.350 e. The third kappa shape index (κ3) is 4.59. The fourth-order valence-corrected chi connectivity index (χ4v) is 5.90. The molecule has 0 spiro atoms. The third-order valence-electron chi connectivity index (χ3n) is 6.99. The van der Waals surface area contributed by atoms with Gasteiger partial charge in [-0.25, -0.2) is 14.8 Å². The molecule has 1 N–H and O–H groups in total. The maximum atomic E-state index is 13.7. The summed E-state index contributed by atoms with van der Waals surface area (Å²) in [6.07, 6.45) is 3.24. The van der Waals surface area contributed by atoms with Crippen molar-refractivity contribution in [1.29, 1.82) is 0 Å². The highest BCUT2D eigenvalue weighted by Gasteiger charge is 2.49. The van der Waals surface area contributed by atoms with Crippen LogP contribution < -0.4 is 14.4 Å². The molecule has 4 aromatic rings. The molecule has 1 atom stereocenters. The number of aliphatic hydroxyl groups excluding tert-OH is 1. The number of rotatable bonds is 8. The molecule has 4 heterocycles. The van der Waals surface area contributed by atoms with Crippen LogP contribution in [0.5, 0.6) is 11.5 Å². The second-order valence-corrected chi connectivity index (χ2v) is 10.5. The number of pyridine rings is 1. The monoisotopic (exact) mass is 588 g/mol. The number of Topliss-reactive ketones (excluding diaryl/α,β-unsaturated/α-hetero) is 1. The van der Waals surface area contributed by atoms with E-state index in [-0.39, 0.29) is 27.9 Å². The van der Waals surface area contributed by atoms with Crippen molar-refractivity contribution in [2.75, 3.05) is 25.7 Å². The molecule has 0 aliphatic carbocycles. The van der Waals surface area contributed by atoms with Crippen molar-refractivity contribution in [3.8, 4) is 11.5 Å². The summed E-state index contributed by atoms with van der Waals surface area (Å²) in [7, 11) is 2.95. The van der Waals surface area contributed by atoms with Gasteiger partial charge in [-0.3, -0.25) is 14.5 Å². The Morgan fingerprint density at radius 1 is 1.12 bits per heavy atom. The molecule has 11 nitrogen and oxygen atoms in total. The van der Waals surface area contributed by atoms with Gasteiger partial charge in [0.05, 0.1) is 37.2 Å². The van der Waals surface area contributed by atoms with Crippen LogP contribution in [-0.4, -0.2) is 58.0 Å². The average Bonchev–Trinajstić information content (AvgIpc) is 3.62. The van der Waals surface area contributed by atoms with E-state index in [4.69, 9.17) is 14.2 Å². The Hall–Kier alpha value is -4.97. The van der Waals surface area contributed by atoms with Gasteiger partial charge in [0, 0.05) is 6.20 Å². The smallest absolute Gasteiger partial charge is 0.350 e. The van der Waals surface area contributed by atoms with Crippen LogP contribution in [0.2, 0.25) is 0 Å². The number of aliphatic hydroxyl groups is 1. The zero-order valence-corrected chi connectivity index (χ0v) is 24.4. The predicted octanol–water partition coefficient (Wildman–Crippen LogP) is 4.70. The van der Waals surface area contributed by atoms with Gasteiger partial charge >= 0.3 is 11.9 Å². The molecule has 216 valence electrons. The molecule has 1 amide bonds. The van der Waals surface area contributed by atoms with Crippen LogP contribution in [0.4, 0.5) is 5.13 Å². The normalized spacial score (nSPS) is 16.2. The SMILES string of the molecule is C=CCOC(=O)c1sc(N2C(=O)C(=O)C(=C(O)c3nc4c(C)cccn4c3C)C2c2ccc(OC)c(OC)c2)nc1C. The summed E-state index contributed by atoms with van der Waals surface area (Å²) in [4.78, 5) is 50.4. The number of aryl methyl sites for hydroxylation is 3. The van der Waals surface area contributed by atoms with E-state index >= 15 is 0 Å². The number of imidazole rings is 1. The molecule has 1 unspecified atom stereocenters. The molecule has 0 saturated carbocycles. The number of aromatic nitrogens is 3. The lowest BCUT2D eigenvalue weighted by Crippen LogP contribution is -2.29. The van der Waals surface area contributed by atoms with Crippen LogP contribution in [0.15, 0.2) is 54.8 Å². The molecule has 3 aromatic heterocycles. The Bertz CT molecular complexity index is 1800. The van der Waals surface area contributed by atoms with E-state index in [0.29, 0.717) is 34.1 Å². The second-order valence-electron chi connectivity index (χ2n) is 9.51. The lowest BCUT2D eigenvalue weighted by atomic mass is 9.96. The van der Waals surface area contributed by atoms with Crippen molar-refractivity contribution in [2.24, 2.45) is 0 Å². The summed E-state index contributed by atoms with van der Waals surface area (Å²) < 4.78 is 17.8. The Labute approximate surface area is 245 Å². The van der Waals surface area contributed by atoms with Crippen LogP contribution in [-0.2, 0) is 14.3 Å². The van der Waals surface area contributed by atoms with E-state index < -0.39 is 29.5 Å². The number of fused-ring (bicyclic) bond motifs is 1. The van der Waals surface area contributed by atoms with Gasteiger partial charge in [-0.05, 0) is 50.1 Å². The van der Waals surface area contributed by atoms with Crippen LogP contribution >= 0.6 is 11.3 Å². The third-order valence-corrected chi connectivity index (χ3v) is 8.12. The molecule has 1 aliphatic heterocycles. The summed E-state index contributed by atoms with van der Waals surface area (Å²) in [5.74, 6) is -2.13. The van der Waals surface area contributed by atoms with Gasteiger partial charge in [-0.15, -0.1) is 0 Å². The minimum Gasteiger partial charge on any atom is -0.505 e. The number of hydrogen-bond acceptors (Lipinski definition) is 10. The predicted molar refractivity (Wildman–Crippen MR) is 156 cm³/mol. The number of hydrogen-bond donors (Lipinski definition) is 1. The topological polar surface area (TPSA) is 133 Å². The van der Waals surface area contributed by atoms with E-state index in [1.54, 1.807) is 42.6 Å². The Balaban J connectivity index is 1.74. The molecular weight excluding hydrogens is 560 g/mol. The molecule has 1 aromatic carbocycles. The molecule has 0 radical (unpaired) electrons. The molecule has 0 bridgehead atoms. The number of anilines is 1. The van der Waals surface area contributed by atoms with E-state index in [1.807, 2.05) is 19.1 Å². The lowest BCUT2D eigenvalue weighted by Gasteiger charge is -2.23. The largest absolute Gasteiger partial charge is 0.505 e. The second kappa shape index (κ2) is 11.1. The summed E-state index contributed by atoms with van der Waals surface area (Å²) in [6, 6.07) is 7.54. The van der Waals surface area contributed by atoms with Crippen molar-refractivity contribution in [1.82, 2.24) is 14.4 Å². The van der Waals surface area contributed by atoms with E-state index in [9.17, 15) is 19.5 Å². The molecular formula is C30H28N4O7S. The molecule has 1 aliphatic rings. The van der Waals surface area contributed by atoms with Crippen LogP contribution in [0, 0.1) is 20.8 Å². The summed E-state index contributed by atoms with van der Waals surface area (Å²) >= 11 is 0.909. The van der Waals surface area contributed by atoms with Gasteiger partial charge in [0.25, 0.3) is 5.78 Å². The number of benzene rings is 1. The van der Waals surface area contributed by atoms with E-state index in [1.165, 1.54) is 25.2 Å². The minimum atomic E-state index is -1.13. The highest BCUT2D eigenvalue weighted by atomic mass is 32.1. The number of nitrogens with zero attached hydrogens (tertiary/aromatic N) is 4. The quantitative estimate of drug-likeness (QED) is 0.102. The van der Waals surface area contributed by atoms with Gasteiger partial charge in [0.1, 0.15) is 22.8 Å². The molecule has 42 heavy (non-hydrogen) atoms. The maximum absolute atomic E-state index is 13.7. The molecule has 1 fully saturated rings. The lowest BCUT2D eigenvalue weighted by molar-refractivity contribution is -0.132. The van der Waals surface area contributed by atoms with Crippen molar-refractivity contribution in [3.63, 3.8) is 0 Å². The van der Waals surface area contributed by atoms with Crippen molar-refractivity contribution >= 4 is 45.5 Å². The first-order chi connectivity index (χ1) is 20.1. The molecule has 1 saturated heterocycles. The van der Waals surface area contributed by atoms with Crippen molar-refractivity contribution in [2.45, 2.75) is 26.8 Å². The number of amides is 1. The van der Waals surface area contributed by atoms with Gasteiger partial charge in [-0.2, -0.15) is 0 Å². The zero-order valence-electron chi connectivity index (χ0n) is 23.6. The van der Waals surface area contributed by atoms with Crippen LogP contribution in [0.25, 0.3) is 11.4 Å². The van der Waals surface area contributed by atoms with E-state index in [2.05, 4.69) is 16.5 Å². The Morgan fingerprint density at radius 3 is 2.52 bits per heavy atom. The fraction of sp³-hybridized carbons (Fsp3) is 0.233. The van der Waals surface area contributed by atoms with E-state index in [0.717, 1.165) is 16.9 Å². The first-order valence-corrected chi connectivity index (χ1v) is 13.7. The first-order valence-electron chi connectivity index (χ1n) is 12.9. The van der Waals surface area contributed by atoms with Crippen LogP contribution in [0.3, 0.4) is 0 Å².